The summed E-state index contributed by atoms with van der Waals surface area (Å²) in [4.78, 5) is 10.3. The van der Waals surface area contributed by atoms with Crippen LogP contribution in [-0.2, 0) is 4.79 Å². The minimum Gasteiger partial charge on any atom is -0.481 e. The van der Waals surface area contributed by atoms with Gasteiger partial charge in [0, 0.05) is 6.42 Å². The van der Waals surface area contributed by atoms with E-state index in [-0.39, 0.29) is 6.10 Å². The summed E-state index contributed by atoms with van der Waals surface area (Å²) >= 11 is 0. The average molecular weight is 256 g/mol. The van der Waals surface area contributed by atoms with Crippen molar-refractivity contribution in [1.29, 1.82) is 0 Å². The highest BCUT2D eigenvalue weighted by Crippen LogP contribution is 2.11. The van der Waals surface area contributed by atoms with E-state index in [2.05, 4.69) is 0 Å². The molecule has 0 fully saturated rings. The fourth-order valence-corrected chi connectivity index (χ4v) is 1.95. The fourth-order valence-electron chi connectivity index (χ4n) is 1.95. The molecule has 18 heavy (non-hydrogen) atoms. The molecule has 0 saturated carbocycles. The van der Waals surface area contributed by atoms with Crippen LogP contribution in [0.2, 0.25) is 0 Å². The molecule has 0 bridgehead atoms. The van der Waals surface area contributed by atoms with E-state index in [1.54, 1.807) is 0 Å². The van der Waals surface area contributed by atoms with Crippen LogP contribution in [-0.4, -0.2) is 22.3 Å². The minimum atomic E-state index is -0.690. The molecule has 2 N–H and O–H groups in total. The van der Waals surface area contributed by atoms with Gasteiger partial charge in [-0.2, -0.15) is 0 Å². The normalized spacial score (nSPS) is 13.0. The van der Waals surface area contributed by atoms with Crippen LogP contribution in [0.25, 0.3) is 0 Å². The Morgan fingerprint density at radius 3 is 2.17 bits per heavy atom. The van der Waals surface area contributed by atoms with Gasteiger partial charge in [-0.1, -0.05) is 50.7 Å². The molecule has 0 rings (SSSR count). The van der Waals surface area contributed by atoms with E-state index < -0.39 is 5.97 Å². The SMILES string of the molecule is CC=CCC(O)CCCCCCCCCC(=O)O. The lowest BCUT2D eigenvalue weighted by Crippen LogP contribution is -2.04. The Morgan fingerprint density at radius 1 is 1.06 bits per heavy atom. The summed E-state index contributed by atoms with van der Waals surface area (Å²) in [5, 5.41) is 18.1. The van der Waals surface area contributed by atoms with Crippen LogP contribution in [0.1, 0.15) is 71.1 Å². The van der Waals surface area contributed by atoms with Gasteiger partial charge in [0.15, 0.2) is 0 Å². The summed E-state index contributed by atoms with van der Waals surface area (Å²) in [5.74, 6) is -0.690. The van der Waals surface area contributed by atoms with Crippen LogP contribution >= 0.6 is 0 Å². The number of allylic oxidation sites excluding steroid dienone is 1. The van der Waals surface area contributed by atoms with Crippen molar-refractivity contribution < 1.29 is 15.0 Å². The van der Waals surface area contributed by atoms with E-state index in [1.165, 1.54) is 19.3 Å². The first-order valence-corrected chi connectivity index (χ1v) is 7.17. The Bertz CT molecular complexity index is 224. The van der Waals surface area contributed by atoms with Crippen molar-refractivity contribution in [3.63, 3.8) is 0 Å². The van der Waals surface area contributed by atoms with Crippen LogP contribution in [0.5, 0.6) is 0 Å². The second kappa shape index (κ2) is 12.6. The average Bonchev–Trinajstić information content (AvgIpc) is 2.34. The predicted molar refractivity (Wildman–Crippen MR) is 74.6 cm³/mol. The molecule has 0 aliphatic carbocycles. The van der Waals surface area contributed by atoms with Crippen LogP contribution in [0, 0.1) is 0 Å². The summed E-state index contributed by atoms with van der Waals surface area (Å²) in [5.41, 5.74) is 0. The molecule has 106 valence electrons. The highest BCUT2D eigenvalue weighted by Gasteiger charge is 2.01. The Kier molecular flexibility index (Phi) is 12.0. The first-order chi connectivity index (χ1) is 8.66. The first kappa shape index (κ1) is 17.2. The number of aliphatic hydroxyl groups is 1. The van der Waals surface area contributed by atoms with Gasteiger partial charge in [0.2, 0.25) is 0 Å². The first-order valence-electron chi connectivity index (χ1n) is 7.17. The molecular weight excluding hydrogens is 228 g/mol. The van der Waals surface area contributed by atoms with E-state index in [4.69, 9.17) is 5.11 Å². The number of aliphatic carboxylic acids is 1. The summed E-state index contributed by atoms with van der Waals surface area (Å²) in [6.45, 7) is 1.97. The van der Waals surface area contributed by atoms with Gasteiger partial charge in [-0.25, -0.2) is 0 Å². The molecule has 0 amide bonds. The van der Waals surface area contributed by atoms with Crippen molar-refractivity contribution in [3.05, 3.63) is 12.2 Å². The second-order valence-electron chi connectivity index (χ2n) is 4.87. The minimum absolute atomic E-state index is 0.184. The summed E-state index contributed by atoms with van der Waals surface area (Å²) < 4.78 is 0. The van der Waals surface area contributed by atoms with Gasteiger partial charge in [0.1, 0.15) is 0 Å². The molecule has 0 aromatic heterocycles. The number of carboxylic acids is 1. The zero-order valence-electron chi connectivity index (χ0n) is 11.6. The van der Waals surface area contributed by atoms with E-state index >= 15 is 0 Å². The number of unbranched alkanes of at least 4 members (excludes halogenated alkanes) is 6. The number of carbonyl (C=O) groups is 1. The molecule has 0 aromatic rings. The van der Waals surface area contributed by atoms with Gasteiger partial charge in [-0.15, -0.1) is 0 Å². The lowest BCUT2D eigenvalue weighted by Gasteiger charge is -2.07. The third-order valence-corrected chi connectivity index (χ3v) is 3.07. The molecule has 0 radical (unpaired) electrons. The molecule has 0 saturated heterocycles. The Morgan fingerprint density at radius 2 is 1.61 bits per heavy atom. The summed E-state index contributed by atoms with van der Waals surface area (Å²) in [6, 6.07) is 0. The number of hydrogen-bond donors (Lipinski definition) is 2. The van der Waals surface area contributed by atoms with Crippen molar-refractivity contribution in [2.75, 3.05) is 0 Å². The fraction of sp³-hybridized carbons (Fsp3) is 0.800. The molecule has 0 heterocycles. The van der Waals surface area contributed by atoms with Crippen molar-refractivity contribution in [3.8, 4) is 0 Å². The third kappa shape index (κ3) is 13.2. The molecule has 3 heteroatoms. The Labute approximate surface area is 111 Å². The van der Waals surface area contributed by atoms with E-state index in [1.807, 2.05) is 19.1 Å². The Hall–Kier alpha value is -0.830. The predicted octanol–water partition coefficient (Wildman–Crippen LogP) is 3.91. The summed E-state index contributed by atoms with van der Waals surface area (Å²) in [7, 11) is 0. The summed E-state index contributed by atoms with van der Waals surface area (Å²) in [6.07, 6.45) is 13.4. The topological polar surface area (TPSA) is 57.5 Å². The number of hydrogen-bond acceptors (Lipinski definition) is 2. The molecule has 0 aliphatic heterocycles. The maximum Gasteiger partial charge on any atom is 0.303 e. The lowest BCUT2D eigenvalue weighted by molar-refractivity contribution is -0.137. The highest BCUT2D eigenvalue weighted by molar-refractivity contribution is 5.66. The molecule has 0 aliphatic rings. The standard InChI is InChI=1S/C15H28O3/c1-2-3-11-14(16)12-9-7-5-4-6-8-10-13-15(17)18/h2-3,14,16H,4-13H2,1H3,(H,17,18). The van der Waals surface area contributed by atoms with Crippen molar-refractivity contribution in [1.82, 2.24) is 0 Å². The number of rotatable bonds is 12. The Balaban J connectivity index is 3.13. The monoisotopic (exact) mass is 256 g/mol. The molecule has 3 nitrogen and oxygen atoms in total. The molecular formula is C15H28O3. The highest BCUT2D eigenvalue weighted by atomic mass is 16.4. The zero-order chi connectivity index (χ0) is 13.6. The lowest BCUT2D eigenvalue weighted by atomic mass is 10.0. The van der Waals surface area contributed by atoms with Gasteiger partial charge < -0.3 is 10.2 Å². The largest absolute Gasteiger partial charge is 0.481 e. The van der Waals surface area contributed by atoms with Gasteiger partial charge in [0.05, 0.1) is 6.10 Å². The third-order valence-electron chi connectivity index (χ3n) is 3.07. The van der Waals surface area contributed by atoms with Crippen LogP contribution in [0.15, 0.2) is 12.2 Å². The maximum absolute atomic E-state index is 10.3. The molecule has 0 aromatic carbocycles. The van der Waals surface area contributed by atoms with Gasteiger partial charge in [-0.3, -0.25) is 4.79 Å². The van der Waals surface area contributed by atoms with Crippen LogP contribution < -0.4 is 0 Å². The van der Waals surface area contributed by atoms with Crippen LogP contribution in [0.4, 0.5) is 0 Å². The van der Waals surface area contributed by atoms with E-state index in [0.29, 0.717) is 6.42 Å². The second-order valence-corrected chi connectivity index (χ2v) is 4.87. The van der Waals surface area contributed by atoms with Crippen molar-refractivity contribution in [2.45, 2.75) is 77.2 Å². The van der Waals surface area contributed by atoms with Crippen LogP contribution in [0.3, 0.4) is 0 Å². The van der Waals surface area contributed by atoms with E-state index in [0.717, 1.165) is 38.5 Å². The zero-order valence-corrected chi connectivity index (χ0v) is 11.6. The smallest absolute Gasteiger partial charge is 0.303 e. The molecule has 1 unspecified atom stereocenters. The van der Waals surface area contributed by atoms with Crippen molar-refractivity contribution >= 4 is 5.97 Å². The number of aliphatic hydroxyl groups excluding tert-OH is 1. The van der Waals surface area contributed by atoms with Gasteiger partial charge >= 0.3 is 5.97 Å². The van der Waals surface area contributed by atoms with Gasteiger partial charge in [-0.05, 0) is 26.2 Å². The molecule has 0 spiro atoms. The van der Waals surface area contributed by atoms with E-state index in [9.17, 15) is 9.90 Å². The number of carboxylic acid groups (broad SMARTS) is 1. The van der Waals surface area contributed by atoms with Crippen molar-refractivity contribution in [2.24, 2.45) is 0 Å². The molecule has 1 atom stereocenters. The van der Waals surface area contributed by atoms with Gasteiger partial charge in [0.25, 0.3) is 0 Å². The quantitative estimate of drug-likeness (QED) is 0.411. The maximum atomic E-state index is 10.3.